The first-order valence-corrected chi connectivity index (χ1v) is 13.7. The van der Waals surface area contributed by atoms with Crippen LogP contribution < -0.4 is 10.9 Å². The van der Waals surface area contributed by atoms with Crippen LogP contribution in [-0.4, -0.2) is 47.2 Å². The van der Waals surface area contributed by atoms with Crippen molar-refractivity contribution in [1.82, 2.24) is 9.47 Å². The zero-order valence-corrected chi connectivity index (χ0v) is 21.2. The zero-order chi connectivity index (χ0) is 24.2. The number of hydrogen-bond donors (Lipinski definition) is 1. The van der Waals surface area contributed by atoms with E-state index in [2.05, 4.69) is 24.1 Å². The van der Waals surface area contributed by atoms with Crippen LogP contribution in [0.1, 0.15) is 58.8 Å². The number of pyridine rings is 1. The summed E-state index contributed by atoms with van der Waals surface area (Å²) in [5.74, 6) is 2.64. The van der Waals surface area contributed by atoms with E-state index in [9.17, 15) is 9.59 Å². The van der Waals surface area contributed by atoms with Crippen molar-refractivity contribution in [3.63, 3.8) is 0 Å². The number of carbonyl (C=O) groups is 1. The number of hydrogen-bond acceptors (Lipinski definition) is 4. The van der Waals surface area contributed by atoms with Gasteiger partial charge >= 0.3 is 0 Å². The summed E-state index contributed by atoms with van der Waals surface area (Å²) < 4.78 is 7.63. The van der Waals surface area contributed by atoms with Crippen molar-refractivity contribution in [2.45, 2.75) is 77.5 Å². The molecule has 4 aliphatic carbocycles. The minimum Gasteiger partial charge on any atom is -0.373 e. The molecule has 2 aromatic rings. The number of rotatable bonds is 6. The van der Waals surface area contributed by atoms with Crippen LogP contribution in [0.25, 0.3) is 10.8 Å². The van der Waals surface area contributed by atoms with Gasteiger partial charge in [0.25, 0.3) is 5.56 Å². The third-order valence-electron chi connectivity index (χ3n) is 9.15. The van der Waals surface area contributed by atoms with Gasteiger partial charge in [-0.05, 0) is 93.7 Å². The van der Waals surface area contributed by atoms with Crippen LogP contribution in [0.5, 0.6) is 0 Å². The summed E-state index contributed by atoms with van der Waals surface area (Å²) in [6.07, 6.45) is 10.8. The molecule has 35 heavy (non-hydrogen) atoms. The molecule has 0 radical (unpaired) electrons. The predicted octanol–water partition coefficient (Wildman–Crippen LogP) is 4.66. The second-order valence-corrected chi connectivity index (χ2v) is 12.2. The molecule has 6 heteroatoms. The molecular formula is C29H39N3O3. The fourth-order valence-corrected chi connectivity index (χ4v) is 8.36. The van der Waals surface area contributed by atoms with Crippen molar-refractivity contribution >= 4 is 22.4 Å². The second kappa shape index (κ2) is 9.04. The Morgan fingerprint density at radius 2 is 1.63 bits per heavy atom. The monoisotopic (exact) mass is 477 g/mol. The Labute approximate surface area is 208 Å². The third-order valence-corrected chi connectivity index (χ3v) is 9.15. The minimum atomic E-state index is 0.00837. The van der Waals surface area contributed by atoms with Crippen LogP contribution in [0.4, 0.5) is 5.69 Å². The smallest absolute Gasteiger partial charge is 0.258 e. The summed E-state index contributed by atoms with van der Waals surface area (Å²) in [6, 6.07) is 7.68. The van der Waals surface area contributed by atoms with E-state index in [1.807, 2.05) is 30.5 Å². The van der Waals surface area contributed by atoms with Gasteiger partial charge in [-0.2, -0.15) is 0 Å². The number of anilines is 1. The number of benzene rings is 1. The molecule has 188 valence electrons. The maximum atomic E-state index is 13.3. The maximum absolute atomic E-state index is 13.3. The molecule has 4 bridgehead atoms. The standard InChI is InChI=1S/C29H39N3O3/c1-19-17-31(18-20(2)35-19)8-9-32-7-6-24-25(28(32)34)4-3-5-26(24)30-27(33)16-29-13-21-10-22(14-29)12-23(11-21)15-29/h3-7,19-23H,8-18H2,1-2H3,(H,30,33). The zero-order valence-electron chi connectivity index (χ0n) is 21.2. The molecule has 4 saturated carbocycles. The van der Waals surface area contributed by atoms with E-state index < -0.39 is 0 Å². The van der Waals surface area contributed by atoms with E-state index in [1.165, 1.54) is 38.5 Å². The second-order valence-electron chi connectivity index (χ2n) is 12.2. The van der Waals surface area contributed by atoms with Crippen LogP contribution in [0.15, 0.2) is 35.3 Å². The Morgan fingerprint density at radius 3 is 2.29 bits per heavy atom. The molecule has 2 unspecified atom stereocenters. The van der Waals surface area contributed by atoms with Crippen molar-refractivity contribution in [2.24, 2.45) is 23.2 Å². The SMILES string of the molecule is CC1CN(CCn2ccc3c(NC(=O)CC45CC6CC(CC(C6)C4)C5)cccc3c2=O)CC(C)O1. The average Bonchev–Trinajstić information content (AvgIpc) is 2.77. The summed E-state index contributed by atoms with van der Waals surface area (Å²) in [7, 11) is 0. The number of amides is 1. The topological polar surface area (TPSA) is 63.6 Å². The average molecular weight is 478 g/mol. The molecule has 2 heterocycles. The molecule has 6 nitrogen and oxygen atoms in total. The van der Waals surface area contributed by atoms with Crippen LogP contribution in [0.3, 0.4) is 0 Å². The van der Waals surface area contributed by atoms with E-state index in [1.54, 1.807) is 4.57 Å². The van der Waals surface area contributed by atoms with Crippen molar-refractivity contribution < 1.29 is 9.53 Å². The highest BCUT2D eigenvalue weighted by atomic mass is 16.5. The first-order valence-electron chi connectivity index (χ1n) is 13.7. The molecule has 1 amide bonds. The summed E-state index contributed by atoms with van der Waals surface area (Å²) in [5, 5.41) is 4.70. The number of aromatic nitrogens is 1. The van der Waals surface area contributed by atoms with Crippen molar-refractivity contribution in [1.29, 1.82) is 0 Å². The van der Waals surface area contributed by atoms with Gasteiger partial charge in [-0.25, -0.2) is 0 Å². The summed E-state index contributed by atoms with van der Waals surface area (Å²) in [6.45, 7) is 7.47. The first-order chi connectivity index (χ1) is 16.9. The molecule has 7 rings (SSSR count). The molecule has 1 aliphatic heterocycles. The highest BCUT2D eigenvalue weighted by Gasteiger charge is 2.51. The number of nitrogens with zero attached hydrogens (tertiary/aromatic N) is 2. The van der Waals surface area contributed by atoms with Gasteiger partial charge in [0, 0.05) is 55.3 Å². The van der Waals surface area contributed by atoms with Gasteiger partial charge in [0.1, 0.15) is 0 Å². The molecule has 0 spiro atoms. The Morgan fingerprint density at radius 1 is 0.971 bits per heavy atom. The number of nitrogens with one attached hydrogen (secondary N) is 1. The Balaban J connectivity index is 1.15. The Hall–Kier alpha value is -2.18. The summed E-state index contributed by atoms with van der Waals surface area (Å²) in [4.78, 5) is 28.9. The van der Waals surface area contributed by atoms with Crippen molar-refractivity contribution in [2.75, 3.05) is 25.0 Å². The van der Waals surface area contributed by atoms with Crippen LogP contribution in [0.2, 0.25) is 0 Å². The van der Waals surface area contributed by atoms with Gasteiger partial charge in [-0.3, -0.25) is 14.5 Å². The molecular weight excluding hydrogens is 438 g/mol. The Kier molecular flexibility index (Phi) is 6.00. The molecule has 1 aromatic heterocycles. The van der Waals surface area contributed by atoms with Crippen LogP contribution in [0, 0.1) is 23.2 Å². The number of fused-ring (bicyclic) bond motifs is 1. The van der Waals surface area contributed by atoms with E-state index in [0.717, 1.165) is 48.5 Å². The molecule has 1 N–H and O–H groups in total. The van der Waals surface area contributed by atoms with E-state index in [4.69, 9.17) is 4.74 Å². The predicted molar refractivity (Wildman–Crippen MR) is 139 cm³/mol. The fraction of sp³-hybridized carbons (Fsp3) is 0.655. The van der Waals surface area contributed by atoms with Gasteiger partial charge in [0.15, 0.2) is 0 Å². The lowest BCUT2D eigenvalue weighted by Crippen LogP contribution is -2.47. The van der Waals surface area contributed by atoms with Gasteiger partial charge in [0.2, 0.25) is 5.91 Å². The highest BCUT2D eigenvalue weighted by molar-refractivity contribution is 6.02. The molecule has 5 fully saturated rings. The molecule has 1 saturated heterocycles. The van der Waals surface area contributed by atoms with Crippen molar-refractivity contribution in [3.05, 3.63) is 40.8 Å². The first kappa shape index (κ1) is 23.2. The molecule has 5 aliphatic rings. The van der Waals surface area contributed by atoms with Gasteiger partial charge in [-0.15, -0.1) is 0 Å². The van der Waals surface area contributed by atoms with Gasteiger partial charge in [0.05, 0.1) is 12.2 Å². The summed E-state index contributed by atoms with van der Waals surface area (Å²) in [5.41, 5.74) is 0.983. The molecule has 1 aromatic carbocycles. The normalized spacial score (nSPS) is 34.4. The lowest BCUT2D eigenvalue weighted by atomic mass is 9.49. The number of morpholine rings is 1. The lowest BCUT2D eigenvalue weighted by molar-refractivity contribution is -0.124. The van der Waals surface area contributed by atoms with Crippen molar-refractivity contribution in [3.8, 4) is 0 Å². The summed E-state index contributed by atoms with van der Waals surface area (Å²) >= 11 is 0. The minimum absolute atomic E-state index is 0.00837. The largest absolute Gasteiger partial charge is 0.373 e. The van der Waals surface area contributed by atoms with Crippen LogP contribution in [-0.2, 0) is 16.1 Å². The fourth-order valence-electron chi connectivity index (χ4n) is 8.36. The molecule has 2 atom stereocenters. The van der Waals surface area contributed by atoms with E-state index in [0.29, 0.717) is 18.4 Å². The van der Waals surface area contributed by atoms with Crippen LogP contribution >= 0.6 is 0 Å². The van der Waals surface area contributed by atoms with E-state index >= 15 is 0 Å². The number of ether oxygens (including phenoxy) is 1. The quantitative estimate of drug-likeness (QED) is 0.658. The number of carbonyl (C=O) groups excluding carboxylic acids is 1. The third kappa shape index (κ3) is 4.67. The maximum Gasteiger partial charge on any atom is 0.258 e. The lowest BCUT2D eigenvalue weighted by Gasteiger charge is -2.56. The van der Waals surface area contributed by atoms with Gasteiger partial charge in [-0.1, -0.05) is 6.07 Å². The van der Waals surface area contributed by atoms with Gasteiger partial charge < -0.3 is 14.6 Å². The Bertz CT molecular complexity index is 1130. The highest BCUT2D eigenvalue weighted by Crippen LogP contribution is 2.61. The van der Waals surface area contributed by atoms with E-state index in [-0.39, 0.29) is 29.1 Å².